The van der Waals surface area contributed by atoms with Gasteiger partial charge in [0.25, 0.3) is 0 Å². The maximum Gasteiger partial charge on any atom is 0.323 e. The van der Waals surface area contributed by atoms with Gasteiger partial charge in [-0.2, -0.15) is 0 Å². The van der Waals surface area contributed by atoms with Crippen molar-refractivity contribution >= 4 is 11.9 Å². The zero-order valence-electron chi connectivity index (χ0n) is 12.9. The Bertz CT molecular complexity index is 449. The standard InChI is InChI=1S/C17H24O4/c1-4-8-17(14(18)20-2,15(19)21-3)11-6-10-16-9-5-7-13(16)12-16/h4,6,10,13H,1,5,7-9,11-12H2,2-3H3/b10-6+. The van der Waals surface area contributed by atoms with Gasteiger partial charge in [-0.1, -0.05) is 24.6 Å². The topological polar surface area (TPSA) is 52.6 Å². The van der Waals surface area contributed by atoms with E-state index >= 15 is 0 Å². The molecule has 116 valence electrons. The van der Waals surface area contributed by atoms with Gasteiger partial charge in [0.05, 0.1) is 14.2 Å². The van der Waals surface area contributed by atoms with Gasteiger partial charge in [0.1, 0.15) is 0 Å². The Morgan fingerprint density at radius 2 is 1.95 bits per heavy atom. The zero-order chi connectivity index (χ0) is 15.5. The van der Waals surface area contributed by atoms with E-state index in [1.165, 1.54) is 39.9 Å². The molecule has 0 amide bonds. The molecule has 0 heterocycles. The van der Waals surface area contributed by atoms with Crippen LogP contribution in [0, 0.1) is 16.7 Å². The van der Waals surface area contributed by atoms with Gasteiger partial charge in [-0.3, -0.25) is 9.59 Å². The molecule has 2 saturated carbocycles. The molecule has 0 radical (unpaired) electrons. The average molecular weight is 292 g/mol. The molecule has 0 aliphatic heterocycles. The van der Waals surface area contributed by atoms with Crippen LogP contribution in [0.5, 0.6) is 0 Å². The van der Waals surface area contributed by atoms with Crippen molar-refractivity contribution in [2.75, 3.05) is 14.2 Å². The summed E-state index contributed by atoms with van der Waals surface area (Å²) in [6.45, 7) is 3.65. The maximum atomic E-state index is 12.1. The Morgan fingerprint density at radius 1 is 1.29 bits per heavy atom. The predicted octanol–water partition coefficient (Wildman–Crippen LogP) is 3.03. The van der Waals surface area contributed by atoms with Gasteiger partial charge in [-0.25, -0.2) is 0 Å². The number of hydrogen-bond acceptors (Lipinski definition) is 4. The van der Waals surface area contributed by atoms with Crippen LogP contribution < -0.4 is 0 Å². The number of allylic oxidation sites excluding steroid dienone is 3. The fraction of sp³-hybridized carbons (Fsp3) is 0.647. The maximum absolute atomic E-state index is 12.1. The Kier molecular flexibility index (Phi) is 4.55. The van der Waals surface area contributed by atoms with Crippen LogP contribution in [0.1, 0.15) is 38.5 Å². The highest BCUT2D eigenvalue weighted by molar-refractivity contribution is 6.00. The molecule has 2 fully saturated rings. The van der Waals surface area contributed by atoms with Crippen molar-refractivity contribution in [2.45, 2.75) is 38.5 Å². The summed E-state index contributed by atoms with van der Waals surface area (Å²) in [5.74, 6) is -0.316. The Balaban J connectivity index is 2.14. The second-order valence-corrected chi connectivity index (χ2v) is 6.19. The summed E-state index contributed by atoms with van der Waals surface area (Å²) in [5.41, 5.74) is -0.965. The lowest BCUT2D eigenvalue weighted by atomic mass is 9.80. The molecule has 0 N–H and O–H groups in total. The largest absolute Gasteiger partial charge is 0.468 e. The highest BCUT2D eigenvalue weighted by Gasteiger charge is 2.55. The summed E-state index contributed by atoms with van der Waals surface area (Å²) >= 11 is 0. The summed E-state index contributed by atoms with van der Waals surface area (Å²) in [4.78, 5) is 24.3. The van der Waals surface area contributed by atoms with E-state index in [0.717, 1.165) is 5.92 Å². The number of methoxy groups -OCH3 is 2. The third-order valence-electron chi connectivity index (χ3n) is 5.04. The second kappa shape index (κ2) is 6.04. The first kappa shape index (κ1) is 15.8. The van der Waals surface area contributed by atoms with Crippen LogP contribution in [0.2, 0.25) is 0 Å². The zero-order valence-corrected chi connectivity index (χ0v) is 12.9. The lowest BCUT2D eigenvalue weighted by molar-refractivity contribution is -0.168. The Hall–Kier alpha value is -1.58. The average Bonchev–Trinajstić information content (AvgIpc) is 3.04. The molecule has 0 aromatic carbocycles. The molecule has 0 spiro atoms. The van der Waals surface area contributed by atoms with E-state index in [0.29, 0.717) is 11.8 Å². The highest BCUT2D eigenvalue weighted by Crippen LogP contribution is 2.64. The molecule has 2 atom stereocenters. The molecule has 2 unspecified atom stereocenters. The number of fused-ring (bicyclic) bond motifs is 1. The molecular formula is C17H24O4. The Labute approximate surface area is 126 Å². The predicted molar refractivity (Wildman–Crippen MR) is 79.4 cm³/mol. The van der Waals surface area contributed by atoms with Crippen LogP contribution in [-0.4, -0.2) is 26.2 Å². The molecule has 2 rings (SSSR count). The van der Waals surface area contributed by atoms with Crippen LogP contribution in [0.15, 0.2) is 24.8 Å². The van der Waals surface area contributed by atoms with E-state index in [1.54, 1.807) is 6.08 Å². The van der Waals surface area contributed by atoms with Crippen LogP contribution in [0.4, 0.5) is 0 Å². The van der Waals surface area contributed by atoms with Gasteiger partial charge in [0, 0.05) is 0 Å². The summed E-state index contributed by atoms with van der Waals surface area (Å²) < 4.78 is 9.66. The van der Waals surface area contributed by atoms with Crippen molar-refractivity contribution in [3.63, 3.8) is 0 Å². The van der Waals surface area contributed by atoms with Gasteiger partial charge in [-0.15, -0.1) is 6.58 Å². The third-order valence-corrected chi connectivity index (χ3v) is 5.04. The van der Waals surface area contributed by atoms with E-state index in [1.807, 2.05) is 6.08 Å². The molecule has 0 saturated heterocycles. The number of carbonyl (C=O) groups excluding carboxylic acids is 2. The number of ether oxygens (including phenoxy) is 2. The summed E-state index contributed by atoms with van der Waals surface area (Å²) in [6.07, 6.45) is 11.3. The molecule has 4 nitrogen and oxygen atoms in total. The van der Waals surface area contributed by atoms with Crippen LogP contribution in [0.3, 0.4) is 0 Å². The van der Waals surface area contributed by atoms with E-state index in [9.17, 15) is 9.59 Å². The smallest absolute Gasteiger partial charge is 0.323 e. The molecule has 2 aliphatic carbocycles. The van der Waals surface area contributed by atoms with Crippen molar-refractivity contribution in [3.05, 3.63) is 24.8 Å². The molecular weight excluding hydrogens is 268 g/mol. The van der Waals surface area contributed by atoms with E-state index in [2.05, 4.69) is 12.7 Å². The first-order chi connectivity index (χ1) is 10.0. The summed E-state index contributed by atoms with van der Waals surface area (Å²) in [5, 5.41) is 0. The van der Waals surface area contributed by atoms with Crippen molar-refractivity contribution < 1.29 is 19.1 Å². The van der Waals surface area contributed by atoms with Gasteiger partial charge < -0.3 is 9.47 Å². The van der Waals surface area contributed by atoms with Crippen molar-refractivity contribution in [3.8, 4) is 0 Å². The first-order valence-electron chi connectivity index (χ1n) is 7.50. The van der Waals surface area contributed by atoms with Crippen LogP contribution in [0.25, 0.3) is 0 Å². The molecule has 2 aliphatic rings. The van der Waals surface area contributed by atoms with Gasteiger partial charge in [0.2, 0.25) is 0 Å². The number of esters is 2. The minimum absolute atomic E-state index is 0.215. The van der Waals surface area contributed by atoms with Crippen molar-refractivity contribution in [1.29, 1.82) is 0 Å². The monoisotopic (exact) mass is 292 g/mol. The normalized spacial score (nSPS) is 27.2. The second-order valence-electron chi connectivity index (χ2n) is 6.19. The van der Waals surface area contributed by atoms with Crippen LogP contribution >= 0.6 is 0 Å². The molecule has 0 bridgehead atoms. The summed E-state index contributed by atoms with van der Waals surface area (Å²) in [7, 11) is 2.58. The Morgan fingerprint density at radius 3 is 2.38 bits per heavy atom. The SMILES string of the molecule is C=CCC(C/C=C/C12CCCC1C2)(C(=O)OC)C(=O)OC. The van der Waals surface area contributed by atoms with Gasteiger partial charge in [-0.05, 0) is 43.4 Å². The highest BCUT2D eigenvalue weighted by atomic mass is 16.5. The van der Waals surface area contributed by atoms with E-state index in [-0.39, 0.29) is 6.42 Å². The number of hydrogen-bond donors (Lipinski definition) is 0. The molecule has 0 aromatic rings. The first-order valence-corrected chi connectivity index (χ1v) is 7.50. The van der Waals surface area contributed by atoms with Gasteiger partial charge >= 0.3 is 11.9 Å². The molecule has 0 aromatic heterocycles. The minimum atomic E-state index is -1.30. The lowest BCUT2D eigenvalue weighted by Gasteiger charge is -2.25. The minimum Gasteiger partial charge on any atom is -0.468 e. The van der Waals surface area contributed by atoms with E-state index in [4.69, 9.17) is 9.47 Å². The number of rotatable bonds is 7. The molecule has 4 heteroatoms. The van der Waals surface area contributed by atoms with Crippen LogP contribution in [-0.2, 0) is 19.1 Å². The molecule has 21 heavy (non-hydrogen) atoms. The fourth-order valence-corrected chi connectivity index (χ4v) is 3.69. The van der Waals surface area contributed by atoms with Crippen molar-refractivity contribution in [2.24, 2.45) is 16.7 Å². The summed E-state index contributed by atoms with van der Waals surface area (Å²) in [6, 6.07) is 0. The lowest BCUT2D eigenvalue weighted by Crippen LogP contribution is -2.40. The fourth-order valence-electron chi connectivity index (χ4n) is 3.69. The number of carbonyl (C=O) groups is 2. The van der Waals surface area contributed by atoms with E-state index < -0.39 is 17.4 Å². The third kappa shape index (κ3) is 2.76. The van der Waals surface area contributed by atoms with Crippen molar-refractivity contribution in [1.82, 2.24) is 0 Å². The quantitative estimate of drug-likeness (QED) is 0.411. The van der Waals surface area contributed by atoms with Gasteiger partial charge in [0.15, 0.2) is 5.41 Å².